The molecule has 3 nitrogen and oxygen atoms in total. The van der Waals surface area contributed by atoms with E-state index in [0.717, 1.165) is 38.5 Å². The fraction of sp³-hybridized carbons (Fsp3) is 0.909. The smallest absolute Gasteiger partial charge is 0.147 e. The number of Topliss-reactive ketones (excluding diaryl/α,β-unsaturated/α-hetero) is 1. The fourth-order valence-corrected chi connectivity index (χ4v) is 2.20. The Bertz CT molecular complexity index is 195. The summed E-state index contributed by atoms with van der Waals surface area (Å²) in [6.07, 6.45) is 4.75. The van der Waals surface area contributed by atoms with Gasteiger partial charge in [-0.05, 0) is 5.92 Å². The van der Waals surface area contributed by atoms with Crippen LogP contribution in [0.5, 0.6) is 0 Å². The first kappa shape index (κ1) is 10.1. The van der Waals surface area contributed by atoms with Crippen LogP contribution in [0.2, 0.25) is 0 Å². The Morgan fingerprint density at radius 3 is 2.57 bits per heavy atom. The van der Waals surface area contributed by atoms with E-state index in [1.807, 2.05) is 0 Å². The molecule has 0 bridgehead atoms. The molecule has 2 rings (SSSR count). The van der Waals surface area contributed by atoms with Crippen LogP contribution in [0.1, 0.15) is 25.7 Å². The summed E-state index contributed by atoms with van der Waals surface area (Å²) in [5.41, 5.74) is 0. The Balaban J connectivity index is 1.64. The van der Waals surface area contributed by atoms with Crippen LogP contribution in [0.4, 0.5) is 0 Å². The number of hydrogen-bond acceptors (Lipinski definition) is 3. The molecule has 0 radical (unpaired) electrons. The van der Waals surface area contributed by atoms with E-state index in [2.05, 4.69) is 10.2 Å². The van der Waals surface area contributed by atoms with Crippen molar-refractivity contribution in [3.63, 3.8) is 0 Å². The Morgan fingerprint density at radius 1 is 1.29 bits per heavy atom. The van der Waals surface area contributed by atoms with E-state index < -0.39 is 0 Å². The van der Waals surface area contributed by atoms with Gasteiger partial charge in [0.2, 0.25) is 0 Å². The third kappa shape index (κ3) is 2.79. The maximum atomic E-state index is 11.7. The third-order valence-electron chi connectivity index (χ3n) is 3.35. The van der Waals surface area contributed by atoms with Gasteiger partial charge in [0, 0.05) is 32.6 Å². The minimum Gasteiger partial charge on any atom is -0.314 e. The zero-order chi connectivity index (χ0) is 9.80. The van der Waals surface area contributed by atoms with Crippen LogP contribution in [0.15, 0.2) is 0 Å². The van der Waals surface area contributed by atoms with Crippen LogP contribution in [-0.2, 0) is 4.79 Å². The second-order valence-corrected chi connectivity index (χ2v) is 4.57. The summed E-state index contributed by atoms with van der Waals surface area (Å²) in [6.45, 7) is 4.85. The minimum absolute atomic E-state index is 0.455. The van der Waals surface area contributed by atoms with Gasteiger partial charge in [-0.25, -0.2) is 0 Å². The van der Waals surface area contributed by atoms with Gasteiger partial charge in [-0.1, -0.05) is 19.3 Å². The lowest BCUT2D eigenvalue weighted by molar-refractivity contribution is -0.121. The average molecular weight is 196 g/mol. The summed E-state index contributed by atoms with van der Waals surface area (Å²) >= 11 is 0. The van der Waals surface area contributed by atoms with Crippen molar-refractivity contribution in [3.05, 3.63) is 0 Å². The summed E-state index contributed by atoms with van der Waals surface area (Å²) < 4.78 is 0. The molecule has 0 aromatic carbocycles. The van der Waals surface area contributed by atoms with E-state index in [-0.39, 0.29) is 0 Å². The molecule has 1 heterocycles. The van der Waals surface area contributed by atoms with Crippen molar-refractivity contribution in [2.24, 2.45) is 5.92 Å². The number of nitrogens with one attached hydrogen (secondary N) is 1. The maximum Gasteiger partial charge on any atom is 0.147 e. The zero-order valence-electron chi connectivity index (χ0n) is 8.80. The van der Waals surface area contributed by atoms with Gasteiger partial charge in [0.05, 0.1) is 6.54 Å². The monoisotopic (exact) mass is 196 g/mol. The lowest BCUT2D eigenvalue weighted by Crippen LogP contribution is -2.45. The van der Waals surface area contributed by atoms with Crippen molar-refractivity contribution in [2.45, 2.75) is 25.7 Å². The molecule has 0 unspecified atom stereocenters. The van der Waals surface area contributed by atoms with E-state index in [4.69, 9.17) is 0 Å². The summed E-state index contributed by atoms with van der Waals surface area (Å²) in [5, 5.41) is 3.30. The second kappa shape index (κ2) is 4.89. The van der Waals surface area contributed by atoms with Gasteiger partial charge in [0.25, 0.3) is 0 Å². The molecule has 1 aliphatic heterocycles. The van der Waals surface area contributed by atoms with E-state index in [1.54, 1.807) is 0 Å². The van der Waals surface area contributed by atoms with Crippen LogP contribution < -0.4 is 5.32 Å². The normalized spacial score (nSPS) is 24.6. The SMILES string of the molecule is O=C(CC1CCC1)CN1CCNCC1. The summed E-state index contributed by atoms with van der Waals surface area (Å²) in [4.78, 5) is 13.9. The third-order valence-corrected chi connectivity index (χ3v) is 3.35. The predicted molar refractivity (Wildman–Crippen MR) is 56.3 cm³/mol. The topological polar surface area (TPSA) is 32.3 Å². The average Bonchev–Trinajstić information content (AvgIpc) is 2.13. The predicted octanol–water partition coefficient (Wildman–Crippen LogP) is 0.651. The van der Waals surface area contributed by atoms with Crippen molar-refractivity contribution in [1.82, 2.24) is 10.2 Å². The molecule has 0 aromatic heterocycles. The maximum absolute atomic E-state index is 11.7. The van der Waals surface area contributed by atoms with Gasteiger partial charge in [0.1, 0.15) is 5.78 Å². The first-order chi connectivity index (χ1) is 6.84. The Labute approximate surface area is 85.8 Å². The van der Waals surface area contributed by atoms with Crippen molar-refractivity contribution in [2.75, 3.05) is 32.7 Å². The quantitative estimate of drug-likeness (QED) is 0.716. The number of carbonyl (C=O) groups is 1. The zero-order valence-corrected chi connectivity index (χ0v) is 8.80. The van der Waals surface area contributed by atoms with Crippen molar-refractivity contribution >= 4 is 5.78 Å². The number of rotatable bonds is 4. The molecule has 2 aliphatic rings. The van der Waals surface area contributed by atoms with Crippen molar-refractivity contribution in [1.29, 1.82) is 0 Å². The lowest BCUT2D eigenvalue weighted by Gasteiger charge is -2.29. The molecule has 0 spiro atoms. The molecule has 1 N–H and O–H groups in total. The van der Waals surface area contributed by atoms with Gasteiger partial charge in [-0.15, -0.1) is 0 Å². The standard InChI is InChI=1S/C11H20N2O/c14-11(8-10-2-1-3-10)9-13-6-4-12-5-7-13/h10,12H,1-9H2. The molecule has 3 heteroatoms. The molecule has 0 amide bonds. The van der Waals surface area contributed by atoms with Crippen LogP contribution in [0.25, 0.3) is 0 Å². The highest BCUT2D eigenvalue weighted by atomic mass is 16.1. The Kier molecular flexibility index (Phi) is 3.54. The van der Waals surface area contributed by atoms with Crippen molar-refractivity contribution < 1.29 is 4.79 Å². The first-order valence-electron chi connectivity index (χ1n) is 5.79. The highest BCUT2D eigenvalue weighted by Gasteiger charge is 2.22. The molecular weight excluding hydrogens is 176 g/mol. The van der Waals surface area contributed by atoms with Gasteiger partial charge in [-0.2, -0.15) is 0 Å². The van der Waals surface area contributed by atoms with Crippen LogP contribution in [0, 0.1) is 5.92 Å². The van der Waals surface area contributed by atoms with Crippen LogP contribution in [0.3, 0.4) is 0 Å². The van der Waals surface area contributed by atoms with E-state index >= 15 is 0 Å². The Morgan fingerprint density at radius 2 is 2.00 bits per heavy atom. The summed E-state index contributed by atoms with van der Waals surface area (Å²) in [5.74, 6) is 1.18. The lowest BCUT2D eigenvalue weighted by atomic mass is 9.82. The van der Waals surface area contributed by atoms with E-state index in [1.165, 1.54) is 19.3 Å². The molecule has 80 valence electrons. The molecule has 1 aliphatic carbocycles. The fourth-order valence-electron chi connectivity index (χ4n) is 2.20. The highest BCUT2D eigenvalue weighted by Crippen LogP contribution is 2.29. The highest BCUT2D eigenvalue weighted by molar-refractivity contribution is 5.80. The molecule has 2 fully saturated rings. The number of piperazine rings is 1. The molecule has 14 heavy (non-hydrogen) atoms. The van der Waals surface area contributed by atoms with Gasteiger partial charge in [-0.3, -0.25) is 9.69 Å². The largest absolute Gasteiger partial charge is 0.314 e. The summed E-state index contributed by atoms with van der Waals surface area (Å²) in [6, 6.07) is 0. The second-order valence-electron chi connectivity index (χ2n) is 4.57. The minimum atomic E-state index is 0.455. The van der Waals surface area contributed by atoms with Crippen molar-refractivity contribution in [3.8, 4) is 0 Å². The van der Waals surface area contributed by atoms with Gasteiger partial charge in [0.15, 0.2) is 0 Å². The number of ketones is 1. The first-order valence-corrected chi connectivity index (χ1v) is 5.79. The molecule has 0 aromatic rings. The van der Waals surface area contributed by atoms with Crippen LogP contribution >= 0.6 is 0 Å². The van der Waals surface area contributed by atoms with Crippen LogP contribution in [-0.4, -0.2) is 43.4 Å². The van der Waals surface area contributed by atoms with E-state index in [0.29, 0.717) is 12.3 Å². The number of carbonyl (C=O) groups excluding carboxylic acids is 1. The van der Waals surface area contributed by atoms with Gasteiger partial charge >= 0.3 is 0 Å². The van der Waals surface area contributed by atoms with Gasteiger partial charge < -0.3 is 5.32 Å². The number of nitrogens with zero attached hydrogens (tertiary/aromatic N) is 1. The molecular formula is C11H20N2O. The van der Waals surface area contributed by atoms with E-state index in [9.17, 15) is 4.79 Å². The Hall–Kier alpha value is -0.410. The summed E-state index contributed by atoms with van der Waals surface area (Å²) in [7, 11) is 0. The molecule has 0 atom stereocenters. The number of hydrogen-bond donors (Lipinski definition) is 1. The molecule has 1 saturated carbocycles. The molecule has 1 saturated heterocycles.